The van der Waals surface area contributed by atoms with E-state index in [9.17, 15) is 0 Å². The number of hydrogen-bond acceptors (Lipinski definition) is 4. The molecule has 19 heavy (non-hydrogen) atoms. The third-order valence-corrected chi connectivity index (χ3v) is 4.12. The first-order valence-corrected chi connectivity index (χ1v) is 7.44. The molecule has 0 aromatic carbocycles. The van der Waals surface area contributed by atoms with Crippen molar-refractivity contribution in [2.24, 2.45) is 5.92 Å². The lowest BCUT2D eigenvalue weighted by molar-refractivity contribution is 0.196. The summed E-state index contributed by atoms with van der Waals surface area (Å²) in [5, 5.41) is 7.82. The fourth-order valence-electron chi connectivity index (χ4n) is 3.04. The van der Waals surface area contributed by atoms with Gasteiger partial charge in [-0.05, 0) is 18.8 Å². The van der Waals surface area contributed by atoms with Gasteiger partial charge in [-0.1, -0.05) is 26.2 Å². The quantitative estimate of drug-likeness (QED) is 0.768. The summed E-state index contributed by atoms with van der Waals surface area (Å²) in [5.41, 5.74) is 0. The van der Waals surface area contributed by atoms with Crippen LogP contribution in [0.2, 0.25) is 0 Å². The van der Waals surface area contributed by atoms with Crippen LogP contribution in [0.25, 0.3) is 0 Å². The Bertz CT molecular complexity index is 366. The van der Waals surface area contributed by atoms with Gasteiger partial charge in [0, 0.05) is 13.7 Å². The number of nitrogens with one attached hydrogen (secondary N) is 1. The number of aromatic nitrogens is 3. The van der Waals surface area contributed by atoms with Crippen LogP contribution in [0.3, 0.4) is 0 Å². The van der Waals surface area contributed by atoms with E-state index in [1.165, 1.54) is 32.1 Å². The maximum Gasteiger partial charge on any atom is 0.141 e. The van der Waals surface area contributed by atoms with E-state index in [4.69, 9.17) is 4.74 Å². The van der Waals surface area contributed by atoms with Crippen molar-refractivity contribution in [2.45, 2.75) is 51.6 Å². The average Bonchev–Trinajstić information content (AvgIpc) is 2.92. The predicted octanol–water partition coefficient (Wildman–Crippen LogP) is 2.16. The molecule has 1 aromatic heterocycles. The van der Waals surface area contributed by atoms with Gasteiger partial charge in [0.1, 0.15) is 12.2 Å². The van der Waals surface area contributed by atoms with Crippen LogP contribution in [0.15, 0.2) is 6.33 Å². The lowest BCUT2D eigenvalue weighted by atomic mass is 9.83. The van der Waals surface area contributed by atoms with E-state index in [0.29, 0.717) is 6.04 Å². The maximum absolute atomic E-state index is 5.04. The van der Waals surface area contributed by atoms with Crippen molar-refractivity contribution in [2.75, 3.05) is 20.3 Å². The van der Waals surface area contributed by atoms with Gasteiger partial charge in [0.25, 0.3) is 0 Å². The predicted molar refractivity (Wildman–Crippen MR) is 74.9 cm³/mol. The Morgan fingerprint density at radius 3 is 3.05 bits per heavy atom. The van der Waals surface area contributed by atoms with E-state index in [1.54, 1.807) is 13.4 Å². The fourth-order valence-corrected chi connectivity index (χ4v) is 3.04. The Morgan fingerprint density at radius 2 is 2.26 bits per heavy atom. The van der Waals surface area contributed by atoms with Crippen LogP contribution < -0.4 is 5.32 Å². The molecule has 0 amide bonds. The Kier molecular flexibility index (Phi) is 5.79. The molecule has 1 aliphatic carbocycles. The molecular formula is C14H26N4O. The molecule has 1 saturated carbocycles. The van der Waals surface area contributed by atoms with Crippen molar-refractivity contribution in [3.8, 4) is 0 Å². The van der Waals surface area contributed by atoms with Gasteiger partial charge in [-0.3, -0.25) is 0 Å². The van der Waals surface area contributed by atoms with Crippen molar-refractivity contribution >= 4 is 0 Å². The van der Waals surface area contributed by atoms with Crippen LogP contribution in [-0.2, 0) is 11.3 Å². The number of hydrogen-bond donors (Lipinski definition) is 1. The molecule has 0 spiro atoms. The van der Waals surface area contributed by atoms with Gasteiger partial charge in [0.15, 0.2) is 0 Å². The summed E-state index contributed by atoms with van der Waals surface area (Å²) in [4.78, 5) is 4.41. The topological polar surface area (TPSA) is 52.0 Å². The minimum atomic E-state index is 0.542. The molecule has 1 fully saturated rings. The van der Waals surface area contributed by atoms with Gasteiger partial charge in [-0.2, -0.15) is 5.10 Å². The van der Waals surface area contributed by atoms with Gasteiger partial charge in [0.2, 0.25) is 0 Å². The minimum absolute atomic E-state index is 0.542. The van der Waals surface area contributed by atoms with Crippen molar-refractivity contribution < 1.29 is 4.74 Å². The molecule has 2 unspecified atom stereocenters. The highest BCUT2D eigenvalue weighted by molar-refractivity contribution is 4.90. The van der Waals surface area contributed by atoms with Crippen molar-refractivity contribution in [1.29, 1.82) is 0 Å². The van der Waals surface area contributed by atoms with Gasteiger partial charge in [-0.25, -0.2) is 9.67 Å². The van der Waals surface area contributed by atoms with E-state index in [2.05, 4.69) is 27.0 Å². The van der Waals surface area contributed by atoms with Crippen LogP contribution in [0, 0.1) is 5.92 Å². The zero-order valence-electron chi connectivity index (χ0n) is 12.1. The van der Waals surface area contributed by atoms with E-state index >= 15 is 0 Å². The zero-order chi connectivity index (χ0) is 13.5. The summed E-state index contributed by atoms with van der Waals surface area (Å²) in [5.74, 6) is 1.81. The monoisotopic (exact) mass is 266 g/mol. The van der Waals surface area contributed by atoms with Crippen molar-refractivity contribution in [3.05, 3.63) is 12.2 Å². The minimum Gasteiger partial charge on any atom is -0.383 e. The molecule has 1 heterocycles. The van der Waals surface area contributed by atoms with Crippen molar-refractivity contribution in [1.82, 2.24) is 20.1 Å². The largest absolute Gasteiger partial charge is 0.383 e. The second-order valence-electron chi connectivity index (χ2n) is 5.31. The SMILES string of the molecule is CCC1CCCCC1n1ncnc1CNCCOC. The number of methoxy groups -OCH3 is 1. The zero-order valence-corrected chi connectivity index (χ0v) is 12.1. The molecule has 2 rings (SSSR count). The Labute approximate surface area is 115 Å². The Balaban J connectivity index is 1.97. The first kappa shape index (κ1) is 14.5. The van der Waals surface area contributed by atoms with E-state index < -0.39 is 0 Å². The summed E-state index contributed by atoms with van der Waals surface area (Å²) in [6.45, 7) is 4.65. The lowest BCUT2D eigenvalue weighted by Crippen LogP contribution is -2.28. The highest BCUT2D eigenvalue weighted by Gasteiger charge is 2.27. The van der Waals surface area contributed by atoms with Gasteiger partial charge in [0.05, 0.1) is 19.2 Å². The van der Waals surface area contributed by atoms with Crippen molar-refractivity contribution in [3.63, 3.8) is 0 Å². The maximum atomic E-state index is 5.04. The first-order valence-electron chi connectivity index (χ1n) is 7.44. The molecule has 108 valence electrons. The van der Waals surface area contributed by atoms with Gasteiger partial charge in [-0.15, -0.1) is 0 Å². The van der Waals surface area contributed by atoms with Gasteiger partial charge >= 0.3 is 0 Å². The van der Waals surface area contributed by atoms with Gasteiger partial charge < -0.3 is 10.1 Å². The second-order valence-corrected chi connectivity index (χ2v) is 5.31. The average molecular weight is 266 g/mol. The summed E-state index contributed by atoms with van der Waals surface area (Å²) >= 11 is 0. The second kappa shape index (κ2) is 7.60. The number of nitrogens with zero attached hydrogens (tertiary/aromatic N) is 3. The molecule has 0 bridgehead atoms. The normalized spacial score (nSPS) is 23.7. The first-order chi connectivity index (χ1) is 9.36. The summed E-state index contributed by atoms with van der Waals surface area (Å²) in [7, 11) is 1.72. The third-order valence-electron chi connectivity index (χ3n) is 4.12. The summed E-state index contributed by atoms with van der Waals surface area (Å²) in [6.07, 6.45) is 8.18. The molecule has 5 heteroatoms. The van der Waals surface area contributed by atoms with Crippen LogP contribution in [-0.4, -0.2) is 35.0 Å². The van der Waals surface area contributed by atoms with Crippen LogP contribution in [0.4, 0.5) is 0 Å². The van der Waals surface area contributed by atoms with Crippen LogP contribution in [0.5, 0.6) is 0 Å². The molecule has 0 radical (unpaired) electrons. The molecule has 0 saturated heterocycles. The molecule has 5 nitrogen and oxygen atoms in total. The van der Waals surface area contributed by atoms with E-state index in [0.717, 1.165) is 31.4 Å². The van der Waals surface area contributed by atoms with Crippen LogP contribution >= 0.6 is 0 Å². The number of ether oxygens (including phenoxy) is 1. The van der Waals surface area contributed by atoms with Crippen LogP contribution in [0.1, 0.15) is 50.9 Å². The Morgan fingerprint density at radius 1 is 1.42 bits per heavy atom. The summed E-state index contributed by atoms with van der Waals surface area (Å²) in [6, 6.07) is 0.542. The molecule has 1 N–H and O–H groups in total. The Hall–Kier alpha value is -0.940. The standard InChI is InChI=1S/C14H26N4O/c1-3-12-6-4-5-7-13(12)18-14(16-11-17-18)10-15-8-9-19-2/h11-13,15H,3-10H2,1-2H3. The number of rotatable bonds is 7. The molecular weight excluding hydrogens is 240 g/mol. The summed E-state index contributed by atoms with van der Waals surface area (Å²) < 4.78 is 7.20. The molecule has 0 aliphatic heterocycles. The molecule has 1 aromatic rings. The highest BCUT2D eigenvalue weighted by atomic mass is 16.5. The third kappa shape index (κ3) is 3.76. The van der Waals surface area contributed by atoms with E-state index in [1.807, 2.05) is 0 Å². The molecule has 2 atom stereocenters. The highest BCUT2D eigenvalue weighted by Crippen LogP contribution is 2.35. The van der Waals surface area contributed by atoms with E-state index in [-0.39, 0.29) is 0 Å². The smallest absolute Gasteiger partial charge is 0.141 e. The lowest BCUT2D eigenvalue weighted by Gasteiger charge is -2.31. The molecule has 1 aliphatic rings. The fraction of sp³-hybridized carbons (Fsp3) is 0.857.